The Morgan fingerprint density at radius 3 is 2.58 bits per heavy atom. The zero-order valence-corrected chi connectivity index (χ0v) is 13.4. The van der Waals surface area contributed by atoms with Gasteiger partial charge in [-0.2, -0.15) is 0 Å². The van der Waals surface area contributed by atoms with Crippen LogP contribution in [0.1, 0.15) is 9.67 Å². The smallest absolute Gasteiger partial charge is 0.406 e. The average molecular weight is 372 g/mol. The number of hydrogen-bond donors (Lipinski definition) is 1. The molecular formula is C16H9ClF3NO2S. The highest BCUT2D eigenvalue weighted by molar-refractivity contribution is 7.21. The maximum Gasteiger partial charge on any atom is 0.573 e. The molecule has 2 aromatic carbocycles. The fourth-order valence-corrected chi connectivity index (χ4v) is 3.53. The van der Waals surface area contributed by atoms with Crippen LogP contribution in [0.2, 0.25) is 5.02 Å². The molecule has 0 spiro atoms. The van der Waals surface area contributed by atoms with E-state index in [1.54, 1.807) is 12.1 Å². The number of alkyl halides is 3. The van der Waals surface area contributed by atoms with Crippen molar-refractivity contribution in [1.82, 2.24) is 0 Å². The minimum Gasteiger partial charge on any atom is -0.406 e. The summed E-state index contributed by atoms with van der Waals surface area (Å²) in [5.41, 5.74) is 0.176. The van der Waals surface area contributed by atoms with Crippen molar-refractivity contribution in [2.24, 2.45) is 0 Å². The van der Waals surface area contributed by atoms with Gasteiger partial charge in [0.2, 0.25) is 0 Å². The van der Waals surface area contributed by atoms with Gasteiger partial charge in [-0.05, 0) is 18.2 Å². The summed E-state index contributed by atoms with van der Waals surface area (Å²) >= 11 is 7.42. The highest BCUT2D eigenvalue weighted by atomic mass is 35.5. The Morgan fingerprint density at radius 2 is 1.88 bits per heavy atom. The quantitative estimate of drug-likeness (QED) is 0.640. The fourth-order valence-electron chi connectivity index (χ4n) is 2.12. The zero-order chi connectivity index (χ0) is 17.3. The van der Waals surface area contributed by atoms with E-state index in [0.717, 1.165) is 22.2 Å². The van der Waals surface area contributed by atoms with Crippen molar-refractivity contribution >= 4 is 44.6 Å². The second-order valence-corrected chi connectivity index (χ2v) is 6.20. The Kier molecular flexibility index (Phi) is 4.38. The van der Waals surface area contributed by atoms with Crippen molar-refractivity contribution in [2.75, 3.05) is 5.32 Å². The SMILES string of the molecule is O=C(Nc1cccc(OC(F)(F)F)c1)c1sc2ccccc2c1Cl. The predicted molar refractivity (Wildman–Crippen MR) is 87.9 cm³/mol. The highest BCUT2D eigenvalue weighted by Crippen LogP contribution is 2.35. The molecule has 3 aromatic rings. The number of carbonyl (C=O) groups is 1. The van der Waals surface area contributed by atoms with Crippen molar-refractivity contribution < 1.29 is 22.7 Å². The van der Waals surface area contributed by atoms with E-state index in [9.17, 15) is 18.0 Å². The number of rotatable bonds is 3. The highest BCUT2D eigenvalue weighted by Gasteiger charge is 2.31. The van der Waals surface area contributed by atoms with Gasteiger partial charge < -0.3 is 10.1 Å². The van der Waals surface area contributed by atoms with Crippen LogP contribution in [0.25, 0.3) is 10.1 Å². The third kappa shape index (κ3) is 3.63. The molecule has 1 N–H and O–H groups in total. The number of fused-ring (bicyclic) bond motifs is 1. The molecular weight excluding hydrogens is 363 g/mol. The Hall–Kier alpha value is -2.25. The van der Waals surface area contributed by atoms with E-state index in [2.05, 4.69) is 10.1 Å². The molecule has 124 valence electrons. The van der Waals surface area contributed by atoms with Crippen molar-refractivity contribution in [3.8, 4) is 5.75 Å². The van der Waals surface area contributed by atoms with Gasteiger partial charge in [0, 0.05) is 21.8 Å². The molecule has 0 atom stereocenters. The molecule has 1 heterocycles. The molecule has 8 heteroatoms. The van der Waals surface area contributed by atoms with Crippen LogP contribution in [0.4, 0.5) is 18.9 Å². The lowest BCUT2D eigenvalue weighted by atomic mass is 10.2. The molecule has 24 heavy (non-hydrogen) atoms. The molecule has 0 bridgehead atoms. The van der Waals surface area contributed by atoms with Crippen molar-refractivity contribution in [2.45, 2.75) is 6.36 Å². The minimum absolute atomic E-state index is 0.176. The lowest BCUT2D eigenvalue weighted by Gasteiger charge is -2.10. The lowest BCUT2D eigenvalue weighted by Crippen LogP contribution is -2.17. The first-order valence-electron chi connectivity index (χ1n) is 6.68. The van der Waals surface area contributed by atoms with Crippen LogP contribution in [0, 0.1) is 0 Å². The van der Waals surface area contributed by atoms with Gasteiger partial charge >= 0.3 is 6.36 Å². The molecule has 1 aromatic heterocycles. The molecule has 3 rings (SSSR count). The summed E-state index contributed by atoms with van der Waals surface area (Å²) in [6.45, 7) is 0. The van der Waals surface area contributed by atoms with E-state index >= 15 is 0 Å². The maximum atomic E-state index is 12.4. The Bertz CT molecular complexity index is 908. The van der Waals surface area contributed by atoms with Crippen LogP contribution in [-0.2, 0) is 0 Å². The first kappa shape index (κ1) is 16.6. The Balaban J connectivity index is 1.84. The molecule has 0 aliphatic heterocycles. The zero-order valence-electron chi connectivity index (χ0n) is 11.9. The van der Waals surface area contributed by atoms with E-state index in [4.69, 9.17) is 11.6 Å². The minimum atomic E-state index is -4.79. The number of thiophene rings is 1. The first-order valence-corrected chi connectivity index (χ1v) is 7.87. The van der Waals surface area contributed by atoms with Gasteiger partial charge in [0.25, 0.3) is 5.91 Å². The summed E-state index contributed by atoms with van der Waals surface area (Å²) in [7, 11) is 0. The monoisotopic (exact) mass is 371 g/mol. The fraction of sp³-hybridized carbons (Fsp3) is 0.0625. The second-order valence-electron chi connectivity index (χ2n) is 4.77. The summed E-state index contributed by atoms with van der Waals surface area (Å²) in [6, 6.07) is 12.3. The average Bonchev–Trinajstić information content (AvgIpc) is 2.84. The van der Waals surface area contributed by atoms with Gasteiger partial charge in [0.1, 0.15) is 10.6 Å². The molecule has 1 amide bonds. The number of ether oxygens (including phenoxy) is 1. The number of amides is 1. The topological polar surface area (TPSA) is 38.3 Å². The largest absolute Gasteiger partial charge is 0.573 e. The van der Waals surface area contributed by atoms with Gasteiger partial charge in [-0.15, -0.1) is 24.5 Å². The third-order valence-corrected chi connectivity index (χ3v) is 4.74. The number of halogens is 4. The molecule has 3 nitrogen and oxygen atoms in total. The number of benzene rings is 2. The van der Waals surface area contributed by atoms with Crippen molar-refractivity contribution in [1.29, 1.82) is 0 Å². The standard InChI is InChI=1S/C16H9ClF3NO2S/c17-13-11-6-1-2-7-12(11)24-14(13)15(22)21-9-4-3-5-10(8-9)23-16(18,19)20/h1-8H,(H,21,22). The molecule has 0 aliphatic carbocycles. The van der Waals surface area contributed by atoms with Crippen molar-refractivity contribution in [3.05, 3.63) is 58.4 Å². The number of hydrogen-bond acceptors (Lipinski definition) is 3. The third-order valence-electron chi connectivity index (χ3n) is 3.07. The molecule has 0 fully saturated rings. The predicted octanol–water partition coefficient (Wildman–Crippen LogP) is 5.71. The summed E-state index contributed by atoms with van der Waals surface area (Å²) in [6.07, 6.45) is -4.79. The number of carbonyl (C=O) groups excluding carboxylic acids is 1. The van der Waals surface area contributed by atoms with Gasteiger partial charge in [0.05, 0.1) is 5.02 Å². The second kappa shape index (κ2) is 6.33. The molecule has 0 saturated carbocycles. The summed E-state index contributed by atoms with van der Waals surface area (Å²) < 4.78 is 41.4. The lowest BCUT2D eigenvalue weighted by molar-refractivity contribution is -0.274. The number of anilines is 1. The van der Waals surface area contributed by atoms with Crippen molar-refractivity contribution in [3.63, 3.8) is 0 Å². The van der Waals surface area contributed by atoms with E-state index in [1.165, 1.54) is 23.5 Å². The first-order chi connectivity index (χ1) is 11.3. The van der Waals surface area contributed by atoms with Crippen LogP contribution in [0.5, 0.6) is 5.75 Å². The van der Waals surface area contributed by atoms with E-state index in [-0.39, 0.29) is 5.69 Å². The van der Waals surface area contributed by atoms with Crippen LogP contribution in [0.3, 0.4) is 0 Å². The normalized spacial score (nSPS) is 11.5. The summed E-state index contributed by atoms with van der Waals surface area (Å²) in [5.74, 6) is -0.909. The molecule has 0 aliphatic rings. The van der Waals surface area contributed by atoms with E-state index < -0.39 is 18.0 Å². The van der Waals surface area contributed by atoms with Gasteiger partial charge in [-0.1, -0.05) is 35.9 Å². The van der Waals surface area contributed by atoms with Crippen LogP contribution in [-0.4, -0.2) is 12.3 Å². The molecule has 0 radical (unpaired) electrons. The van der Waals surface area contributed by atoms with Crippen LogP contribution < -0.4 is 10.1 Å². The van der Waals surface area contributed by atoms with Gasteiger partial charge in [-0.25, -0.2) is 0 Å². The Labute approximate surface area is 143 Å². The van der Waals surface area contributed by atoms with Crippen LogP contribution >= 0.6 is 22.9 Å². The molecule has 0 saturated heterocycles. The Morgan fingerprint density at radius 1 is 1.12 bits per heavy atom. The van der Waals surface area contributed by atoms with Crippen LogP contribution in [0.15, 0.2) is 48.5 Å². The maximum absolute atomic E-state index is 12.4. The van der Waals surface area contributed by atoms with Gasteiger partial charge in [0.15, 0.2) is 0 Å². The summed E-state index contributed by atoms with van der Waals surface area (Å²) in [4.78, 5) is 12.6. The van der Waals surface area contributed by atoms with Gasteiger partial charge in [-0.3, -0.25) is 4.79 Å². The number of nitrogens with one attached hydrogen (secondary N) is 1. The van der Waals surface area contributed by atoms with E-state index in [1.807, 2.05) is 12.1 Å². The summed E-state index contributed by atoms with van der Waals surface area (Å²) in [5, 5.41) is 3.59. The van der Waals surface area contributed by atoms with E-state index in [0.29, 0.717) is 9.90 Å². The molecule has 0 unspecified atom stereocenters.